The number of nitrogens with zero attached hydrogens (tertiary/aromatic N) is 2. The van der Waals surface area contributed by atoms with E-state index >= 15 is 0 Å². The first kappa shape index (κ1) is 20.0. The zero-order valence-electron chi connectivity index (χ0n) is 17.8. The van der Waals surface area contributed by atoms with Gasteiger partial charge in [-0.25, -0.2) is 0 Å². The lowest BCUT2D eigenvalue weighted by Crippen LogP contribution is -2.58. The standard InChI is InChI=1S/C26H22N2O4/c1-27-23-10-6-4-8-21(23)26(25(27)30)28(22-9-5-3-7-19(22)17-32-26)24(29)16-13-18-11-14-20(31-2)15-12-18/h3-16H,17H2,1-2H3/b16-13+/t26-/m1/s1. The number of carbonyl (C=O) groups is 2. The molecule has 160 valence electrons. The third-order valence-electron chi connectivity index (χ3n) is 5.96. The number of hydrogen-bond donors (Lipinski definition) is 0. The van der Waals surface area contributed by atoms with Crippen LogP contribution < -0.4 is 14.5 Å². The summed E-state index contributed by atoms with van der Waals surface area (Å²) < 4.78 is 11.4. The van der Waals surface area contributed by atoms with Gasteiger partial charge in [0.05, 0.1) is 25.1 Å². The highest BCUT2D eigenvalue weighted by Crippen LogP contribution is 2.49. The fourth-order valence-corrected chi connectivity index (χ4v) is 4.36. The van der Waals surface area contributed by atoms with Crippen molar-refractivity contribution in [1.82, 2.24) is 0 Å². The van der Waals surface area contributed by atoms with Gasteiger partial charge in [-0.05, 0) is 35.9 Å². The SMILES string of the molecule is COc1ccc(/C=C/C(=O)N2c3ccccc3CO[C@]23C(=O)N(C)c2ccccc23)cc1. The fourth-order valence-electron chi connectivity index (χ4n) is 4.36. The van der Waals surface area contributed by atoms with Crippen LogP contribution in [0.4, 0.5) is 11.4 Å². The molecule has 0 bridgehead atoms. The summed E-state index contributed by atoms with van der Waals surface area (Å²) in [7, 11) is 3.31. The molecular weight excluding hydrogens is 404 g/mol. The molecule has 0 unspecified atom stereocenters. The quantitative estimate of drug-likeness (QED) is 0.592. The Morgan fingerprint density at radius 3 is 2.44 bits per heavy atom. The molecule has 6 heteroatoms. The van der Waals surface area contributed by atoms with E-state index in [0.717, 1.165) is 22.6 Å². The predicted molar refractivity (Wildman–Crippen MR) is 122 cm³/mol. The molecule has 3 aromatic carbocycles. The number of amides is 2. The fraction of sp³-hybridized carbons (Fsp3) is 0.154. The van der Waals surface area contributed by atoms with Crippen molar-refractivity contribution in [3.63, 3.8) is 0 Å². The largest absolute Gasteiger partial charge is 0.497 e. The van der Waals surface area contributed by atoms with E-state index in [1.54, 1.807) is 25.1 Å². The first-order chi connectivity index (χ1) is 15.6. The van der Waals surface area contributed by atoms with Crippen LogP contribution in [0.5, 0.6) is 5.75 Å². The molecule has 32 heavy (non-hydrogen) atoms. The predicted octanol–water partition coefficient (Wildman–Crippen LogP) is 4.10. The number of para-hydroxylation sites is 2. The van der Waals surface area contributed by atoms with Crippen molar-refractivity contribution in [2.75, 3.05) is 24.0 Å². The van der Waals surface area contributed by atoms with Gasteiger partial charge in [0.25, 0.3) is 17.5 Å². The Balaban J connectivity index is 1.62. The number of benzene rings is 3. The minimum Gasteiger partial charge on any atom is -0.497 e. The maximum Gasteiger partial charge on any atom is 0.285 e. The second-order valence-electron chi connectivity index (χ2n) is 7.72. The minimum atomic E-state index is -1.54. The van der Waals surface area contributed by atoms with Crippen LogP contribution in [0, 0.1) is 0 Å². The second-order valence-corrected chi connectivity index (χ2v) is 7.72. The lowest BCUT2D eigenvalue weighted by atomic mass is 9.97. The highest BCUT2D eigenvalue weighted by molar-refractivity contribution is 6.16. The van der Waals surface area contributed by atoms with Crippen LogP contribution in [0.3, 0.4) is 0 Å². The summed E-state index contributed by atoms with van der Waals surface area (Å²) in [4.78, 5) is 30.3. The molecule has 6 nitrogen and oxygen atoms in total. The highest BCUT2D eigenvalue weighted by atomic mass is 16.5. The summed E-state index contributed by atoms with van der Waals surface area (Å²) in [6.45, 7) is 0.232. The zero-order valence-corrected chi connectivity index (χ0v) is 17.8. The number of ether oxygens (including phenoxy) is 2. The van der Waals surface area contributed by atoms with Crippen molar-refractivity contribution in [2.24, 2.45) is 0 Å². The molecule has 0 aromatic heterocycles. The lowest BCUT2D eigenvalue weighted by Gasteiger charge is -2.43. The van der Waals surface area contributed by atoms with Crippen LogP contribution in [0.1, 0.15) is 16.7 Å². The van der Waals surface area contributed by atoms with Crippen molar-refractivity contribution < 1.29 is 19.1 Å². The van der Waals surface area contributed by atoms with Gasteiger partial charge in [-0.2, -0.15) is 0 Å². The maximum atomic E-state index is 13.6. The van der Waals surface area contributed by atoms with E-state index < -0.39 is 5.72 Å². The smallest absolute Gasteiger partial charge is 0.285 e. The lowest BCUT2D eigenvalue weighted by molar-refractivity contribution is -0.151. The molecule has 0 saturated carbocycles. The van der Waals surface area contributed by atoms with Crippen molar-refractivity contribution in [1.29, 1.82) is 0 Å². The number of carbonyl (C=O) groups excluding carboxylic acids is 2. The maximum absolute atomic E-state index is 13.6. The average Bonchev–Trinajstić information content (AvgIpc) is 3.05. The van der Waals surface area contributed by atoms with Gasteiger partial charge in [0.2, 0.25) is 0 Å². The van der Waals surface area contributed by atoms with Gasteiger partial charge < -0.3 is 14.4 Å². The topological polar surface area (TPSA) is 59.1 Å². The molecule has 5 rings (SSSR count). The van der Waals surface area contributed by atoms with E-state index in [1.807, 2.05) is 72.8 Å². The van der Waals surface area contributed by atoms with E-state index in [1.165, 1.54) is 11.0 Å². The molecule has 0 aliphatic carbocycles. The molecule has 0 radical (unpaired) electrons. The molecule has 0 saturated heterocycles. The Labute approximate surface area is 186 Å². The highest BCUT2D eigenvalue weighted by Gasteiger charge is 2.59. The second kappa shape index (κ2) is 7.66. The van der Waals surface area contributed by atoms with E-state index in [0.29, 0.717) is 11.3 Å². The van der Waals surface area contributed by atoms with Crippen molar-refractivity contribution in [3.8, 4) is 5.75 Å². The molecular formula is C26H22N2O4. The van der Waals surface area contributed by atoms with Crippen molar-refractivity contribution in [2.45, 2.75) is 12.3 Å². The third kappa shape index (κ3) is 2.92. The summed E-state index contributed by atoms with van der Waals surface area (Å²) in [5.41, 5.74) is 2.21. The monoisotopic (exact) mass is 426 g/mol. The Bertz CT molecular complexity index is 1230. The van der Waals surface area contributed by atoms with Gasteiger partial charge in [0.15, 0.2) is 0 Å². The number of rotatable bonds is 3. The number of methoxy groups -OCH3 is 1. The Morgan fingerprint density at radius 2 is 1.69 bits per heavy atom. The van der Waals surface area contributed by atoms with Gasteiger partial charge >= 0.3 is 0 Å². The molecule has 2 amide bonds. The first-order valence-electron chi connectivity index (χ1n) is 10.3. The van der Waals surface area contributed by atoms with E-state index in [2.05, 4.69) is 0 Å². The van der Waals surface area contributed by atoms with Crippen molar-refractivity contribution >= 4 is 29.3 Å². The van der Waals surface area contributed by atoms with Crippen molar-refractivity contribution in [3.05, 3.63) is 95.6 Å². The molecule has 0 N–H and O–H groups in total. The molecule has 1 atom stereocenters. The minimum absolute atomic E-state index is 0.232. The van der Waals surface area contributed by atoms with Crippen LogP contribution in [0.25, 0.3) is 6.08 Å². The van der Waals surface area contributed by atoms with Crippen LogP contribution in [-0.4, -0.2) is 26.0 Å². The number of fused-ring (bicyclic) bond motifs is 3. The summed E-state index contributed by atoms with van der Waals surface area (Å²) in [5, 5.41) is 0. The van der Waals surface area contributed by atoms with Crippen LogP contribution >= 0.6 is 0 Å². The summed E-state index contributed by atoms with van der Waals surface area (Å²) >= 11 is 0. The van der Waals surface area contributed by atoms with Gasteiger partial charge in [-0.3, -0.25) is 14.5 Å². The summed E-state index contributed by atoms with van der Waals surface area (Å²) in [6.07, 6.45) is 3.20. The molecule has 3 aromatic rings. The van der Waals surface area contributed by atoms with Gasteiger partial charge in [0, 0.05) is 24.3 Å². The Hall–Kier alpha value is -3.90. The third-order valence-corrected chi connectivity index (χ3v) is 5.96. The van der Waals surface area contributed by atoms with Gasteiger partial charge in [0.1, 0.15) is 5.75 Å². The van der Waals surface area contributed by atoms with Crippen LogP contribution in [-0.2, 0) is 26.7 Å². The summed E-state index contributed by atoms with van der Waals surface area (Å²) in [5.74, 6) is 0.104. The molecule has 1 spiro atoms. The van der Waals surface area contributed by atoms with E-state index in [-0.39, 0.29) is 18.4 Å². The molecule has 0 fully saturated rings. The normalized spacial score (nSPS) is 19.4. The summed E-state index contributed by atoms with van der Waals surface area (Å²) in [6, 6.07) is 22.3. The zero-order chi connectivity index (χ0) is 22.3. The Morgan fingerprint density at radius 1 is 1.00 bits per heavy atom. The van der Waals surface area contributed by atoms with Crippen LogP contribution in [0.2, 0.25) is 0 Å². The van der Waals surface area contributed by atoms with E-state index in [9.17, 15) is 9.59 Å². The number of hydrogen-bond acceptors (Lipinski definition) is 4. The molecule has 2 heterocycles. The van der Waals surface area contributed by atoms with Gasteiger partial charge in [-0.15, -0.1) is 0 Å². The van der Waals surface area contributed by atoms with Crippen LogP contribution in [0.15, 0.2) is 78.9 Å². The first-order valence-corrected chi connectivity index (χ1v) is 10.3. The Kier molecular flexibility index (Phi) is 4.79. The van der Waals surface area contributed by atoms with E-state index in [4.69, 9.17) is 9.47 Å². The number of anilines is 2. The van der Waals surface area contributed by atoms with Gasteiger partial charge in [-0.1, -0.05) is 48.5 Å². The molecule has 2 aliphatic rings. The molecule has 2 aliphatic heterocycles. The average molecular weight is 426 g/mol. The number of likely N-dealkylation sites (N-methyl/N-ethyl adjacent to an activating group) is 1.